The molecule has 1 rings (SSSR count). The molecule has 8 heteroatoms. The van der Waals surface area contributed by atoms with Gasteiger partial charge >= 0.3 is 18.2 Å². The minimum absolute atomic E-state index is 0.135. The summed E-state index contributed by atoms with van der Waals surface area (Å²) in [4.78, 5) is 23.1. The first-order valence-electron chi connectivity index (χ1n) is 5.57. The number of carboxylic acid groups (broad SMARTS) is 1. The summed E-state index contributed by atoms with van der Waals surface area (Å²) in [6.07, 6.45) is -4.74. The largest absolute Gasteiger partial charge is 0.481 e. The second-order valence-electron chi connectivity index (χ2n) is 4.28. The third-order valence-electron chi connectivity index (χ3n) is 2.85. The van der Waals surface area contributed by atoms with Crippen LogP contribution in [0.15, 0.2) is 12.7 Å². The van der Waals surface area contributed by atoms with Crippen molar-refractivity contribution in [2.24, 2.45) is 11.8 Å². The lowest BCUT2D eigenvalue weighted by molar-refractivity contribution is -0.191. The Balaban J connectivity index is 2.78. The Morgan fingerprint density at radius 2 is 2.05 bits per heavy atom. The van der Waals surface area contributed by atoms with Crippen molar-refractivity contribution < 1.29 is 32.6 Å². The molecule has 0 bridgehead atoms. The third-order valence-corrected chi connectivity index (χ3v) is 2.85. The molecule has 0 saturated carbocycles. The van der Waals surface area contributed by atoms with E-state index in [4.69, 9.17) is 5.11 Å². The number of carbonyl (C=O) groups is 2. The quantitative estimate of drug-likeness (QED) is 0.802. The molecule has 1 fully saturated rings. The van der Waals surface area contributed by atoms with Gasteiger partial charge in [0.05, 0.1) is 11.8 Å². The first kappa shape index (κ1) is 15.3. The molecule has 0 spiro atoms. The predicted molar refractivity (Wildman–Crippen MR) is 58.4 cm³/mol. The van der Waals surface area contributed by atoms with Crippen molar-refractivity contribution in [3.8, 4) is 0 Å². The lowest BCUT2D eigenvalue weighted by atomic mass is 9.89. The second kappa shape index (κ2) is 5.94. The summed E-state index contributed by atoms with van der Waals surface area (Å²) in [7, 11) is 0. The van der Waals surface area contributed by atoms with Crippen LogP contribution in [-0.4, -0.2) is 47.9 Å². The molecule has 0 aromatic carbocycles. The molecular formula is C11H14F3NO4. The lowest BCUT2D eigenvalue weighted by Crippen LogP contribution is -2.50. The van der Waals surface area contributed by atoms with Crippen LogP contribution in [0, 0.1) is 11.8 Å². The van der Waals surface area contributed by atoms with Gasteiger partial charge in [-0.3, -0.25) is 4.79 Å². The summed E-state index contributed by atoms with van der Waals surface area (Å²) in [6.45, 7) is 2.31. The first-order chi connectivity index (χ1) is 8.75. The molecule has 5 nitrogen and oxygen atoms in total. The van der Waals surface area contributed by atoms with Crippen molar-refractivity contribution in [1.82, 2.24) is 4.90 Å². The maximum absolute atomic E-state index is 12.7. The summed E-state index contributed by atoms with van der Waals surface area (Å²) in [5, 5.41) is 8.84. The smallest absolute Gasteiger partial charge is 0.410 e. The number of carboxylic acids is 1. The van der Waals surface area contributed by atoms with Crippen LogP contribution in [0.3, 0.4) is 0 Å². The Labute approximate surface area is 107 Å². The van der Waals surface area contributed by atoms with Crippen molar-refractivity contribution in [2.45, 2.75) is 12.6 Å². The van der Waals surface area contributed by atoms with Crippen molar-refractivity contribution in [1.29, 1.82) is 0 Å². The number of nitrogens with zero attached hydrogens (tertiary/aromatic N) is 1. The van der Waals surface area contributed by atoms with E-state index in [0.29, 0.717) is 0 Å². The van der Waals surface area contributed by atoms with Crippen molar-refractivity contribution in [2.75, 3.05) is 19.7 Å². The fourth-order valence-corrected chi connectivity index (χ4v) is 1.89. The molecule has 19 heavy (non-hydrogen) atoms. The maximum atomic E-state index is 12.7. The maximum Gasteiger partial charge on any atom is 0.410 e. The van der Waals surface area contributed by atoms with E-state index in [1.165, 1.54) is 6.08 Å². The molecular weight excluding hydrogens is 267 g/mol. The predicted octanol–water partition coefficient (Wildman–Crippen LogP) is 1.89. The van der Waals surface area contributed by atoms with Gasteiger partial charge in [-0.2, -0.15) is 13.2 Å². The average Bonchev–Trinajstić information content (AvgIpc) is 2.34. The molecule has 0 aliphatic carbocycles. The zero-order valence-corrected chi connectivity index (χ0v) is 10.0. The van der Waals surface area contributed by atoms with Crippen molar-refractivity contribution in [3.05, 3.63) is 12.7 Å². The van der Waals surface area contributed by atoms with Crippen LogP contribution >= 0.6 is 0 Å². The van der Waals surface area contributed by atoms with Crippen molar-refractivity contribution >= 4 is 12.1 Å². The number of hydrogen-bond donors (Lipinski definition) is 1. The molecule has 0 aromatic heterocycles. The van der Waals surface area contributed by atoms with E-state index in [9.17, 15) is 22.8 Å². The highest BCUT2D eigenvalue weighted by molar-refractivity contribution is 5.73. The van der Waals surface area contributed by atoms with Gasteiger partial charge in [0.15, 0.2) is 0 Å². The molecule has 2 unspecified atom stereocenters. The van der Waals surface area contributed by atoms with Crippen molar-refractivity contribution in [3.63, 3.8) is 0 Å². The molecule has 0 radical (unpaired) electrons. The highest BCUT2D eigenvalue weighted by atomic mass is 19.4. The van der Waals surface area contributed by atoms with Gasteiger partial charge in [-0.15, -0.1) is 0 Å². The number of halogens is 3. The first-order valence-corrected chi connectivity index (χ1v) is 5.57. The molecule has 1 aliphatic rings. The van der Waals surface area contributed by atoms with Crippen LogP contribution in [0.1, 0.15) is 6.42 Å². The van der Waals surface area contributed by atoms with E-state index >= 15 is 0 Å². The van der Waals surface area contributed by atoms with E-state index in [1.807, 2.05) is 0 Å². The van der Waals surface area contributed by atoms with Gasteiger partial charge in [0.2, 0.25) is 0 Å². The van der Waals surface area contributed by atoms with Crippen LogP contribution in [0.25, 0.3) is 0 Å². The van der Waals surface area contributed by atoms with Crippen LogP contribution in [0.4, 0.5) is 18.0 Å². The number of aliphatic carboxylic acids is 1. The van der Waals surface area contributed by atoms with Crippen LogP contribution < -0.4 is 0 Å². The minimum Gasteiger partial charge on any atom is -0.481 e. The molecule has 1 heterocycles. The van der Waals surface area contributed by atoms with Crippen LogP contribution in [0.5, 0.6) is 0 Å². The zero-order valence-electron chi connectivity index (χ0n) is 10.0. The molecule has 108 valence electrons. The summed E-state index contributed by atoms with van der Waals surface area (Å²) < 4.78 is 42.7. The number of alkyl halides is 3. The second-order valence-corrected chi connectivity index (χ2v) is 4.28. The Kier molecular flexibility index (Phi) is 4.79. The third kappa shape index (κ3) is 4.15. The Bertz CT molecular complexity index is 369. The number of hydrogen-bond acceptors (Lipinski definition) is 3. The zero-order chi connectivity index (χ0) is 14.6. The number of amides is 1. The van der Waals surface area contributed by atoms with Gasteiger partial charge in [0.1, 0.15) is 6.61 Å². The normalized spacial score (nSPS) is 23.8. The SMILES string of the molecule is C=CCOC(=O)N1CC(C(=O)O)CC(C(F)(F)F)C1. The molecule has 1 amide bonds. The van der Waals surface area contributed by atoms with E-state index in [0.717, 1.165) is 4.90 Å². The Morgan fingerprint density at radius 3 is 2.53 bits per heavy atom. The number of rotatable bonds is 3. The van der Waals surface area contributed by atoms with E-state index in [2.05, 4.69) is 11.3 Å². The highest BCUT2D eigenvalue weighted by Crippen LogP contribution is 2.35. The fraction of sp³-hybridized carbons (Fsp3) is 0.636. The molecule has 1 N–H and O–H groups in total. The van der Waals surface area contributed by atoms with Gasteiger partial charge in [0.25, 0.3) is 0 Å². The number of likely N-dealkylation sites (tertiary alicyclic amines) is 1. The summed E-state index contributed by atoms with van der Waals surface area (Å²) in [5.74, 6) is -4.44. The van der Waals surface area contributed by atoms with E-state index in [1.54, 1.807) is 0 Å². The topological polar surface area (TPSA) is 66.8 Å². The number of carbonyl (C=O) groups excluding carboxylic acids is 1. The van der Waals surface area contributed by atoms with Gasteiger partial charge in [-0.05, 0) is 6.42 Å². The van der Waals surface area contributed by atoms with Crippen LogP contribution in [-0.2, 0) is 9.53 Å². The highest BCUT2D eigenvalue weighted by Gasteiger charge is 2.47. The Morgan fingerprint density at radius 1 is 1.42 bits per heavy atom. The molecule has 2 atom stereocenters. The standard InChI is InChI=1S/C11H14F3NO4/c1-2-3-19-10(18)15-5-7(9(16)17)4-8(6-15)11(12,13)14/h2,7-8H,1,3-6H2,(H,16,17). The summed E-state index contributed by atoms with van der Waals surface area (Å²) in [5.41, 5.74) is 0. The molecule has 0 aromatic rings. The molecule has 1 saturated heterocycles. The number of ether oxygens (including phenoxy) is 1. The van der Waals surface area contributed by atoms with Crippen LogP contribution in [0.2, 0.25) is 0 Å². The lowest BCUT2D eigenvalue weighted by Gasteiger charge is -2.36. The van der Waals surface area contributed by atoms with Gasteiger partial charge in [0, 0.05) is 13.1 Å². The monoisotopic (exact) mass is 281 g/mol. The Hall–Kier alpha value is -1.73. The van der Waals surface area contributed by atoms with E-state index in [-0.39, 0.29) is 13.2 Å². The summed E-state index contributed by atoms with van der Waals surface area (Å²) >= 11 is 0. The van der Waals surface area contributed by atoms with E-state index < -0.39 is 43.0 Å². The van der Waals surface area contributed by atoms with Gasteiger partial charge in [-0.1, -0.05) is 12.7 Å². The minimum atomic E-state index is -4.54. The number of piperidine rings is 1. The fourth-order valence-electron chi connectivity index (χ4n) is 1.89. The van der Waals surface area contributed by atoms with Gasteiger partial charge in [-0.25, -0.2) is 4.79 Å². The van der Waals surface area contributed by atoms with Gasteiger partial charge < -0.3 is 14.7 Å². The molecule has 1 aliphatic heterocycles. The average molecular weight is 281 g/mol. The summed E-state index contributed by atoms with van der Waals surface area (Å²) in [6, 6.07) is 0.